The molecule has 1 aliphatic heterocycles. The second-order valence-corrected chi connectivity index (χ2v) is 4.31. The highest BCUT2D eigenvalue weighted by atomic mass is 16.2. The van der Waals surface area contributed by atoms with Gasteiger partial charge in [-0.25, -0.2) is 4.98 Å². The highest BCUT2D eigenvalue weighted by Crippen LogP contribution is 2.12. The summed E-state index contributed by atoms with van der Waals surface area (Å²) < 4.78 is 0. The fraction of sp³-hybridized carbons (Fsp3) is 0.462. The van der Waals surface area contributed by atoms with Crippen molar-refractivity contribution in [1.29, 1.82) is 5.26 Å². The van der Waals surface area contributed by atoms with E-state index in [-0.39, 0.29) is 11.9 Å². The summed E-state index contributed by atoms with van der Waals surface area (Å²) in [5, 5.41) is 11.7. The van der Waals surface area contributed by atoms with Crippen LogP contribution in [0.2, 0.25) is 0 Å². The Balaban J connectivity index is 2.12. The van der Waals surface area contributed by atoms with E-state index in [1.807, 2.05) is 25.1 Å². The van der Waals surface area contributed by atoms with Crippen LogP contribution in [0.25, 0.3) is 0 Å². The summed E-state index contributed by atoms with van der Waals surface area (Å²) in [7, 11) is 0. The van der Waals surface area contributed by atoms with Crippen molar-refractivity contribution in [2.75, 3.05) is 13.1 Å². The van der Waals surface area contributed by atoms with Crippen molar-refractivity contribution >= 4 is 5.91 Å². The van der Waals surface area contributed by atoms with Crippen molar-refractivity contribution in [3.05, 3.63) is 29.6 Å². The van der Waals surface area contributed by atoms with Crippen molar-refractivity contribution in [2.24, 2.45) is 0 Å². The van der Waals surface area contributed by atoms with E-state index in [1.165, 1.54) is 0 Å². The lowest BCUT2D eigenvalue weighted by Gasteiger charge is -2.34. The molecule has 1 fully saturated rings. The lowest BCUT2D eigenvalue weighted by Crippen LogP contribution is -2.54. The third-order valence-electron chi connectivity index (χ3n) is 3.11. The zero-order valence-corrected chi connectivity index (χ0v) is 10.4. The maximum atomic E-state index is 11.7. The van der Waals surface area contributed by atoms with Crippen LogP contribution in [-0.4, -0.2) is 34.9 Å². The van der Waals surface area contributed by atoms with Gasteiger partial charge in [-0.15, -0.1) is 0 Å². The Bertz CT molecular complexity index is 480. The quantitative estimate of drug-likeness (QED) is 0.848. The molecule has 0 aliphatic carbocycles. The topological polar surface area (TPSA) is 69.0 Å². The fourth-order valence-corrected chi connectivity index (χ4v) is 2.23. The normalized spacial score (nSPS) is 20.2. The molecule has 1 aromatic rings. The molecule has 94 valence electrons. The predicted octanol–water partition coefficient (Wildman–Crippen LogP) is 0.664. The van der Waals surface area contributed by atoms with E-state index in [2.05, 4.69) is 15.2 Å². The summed E-state index contributed by atoms with van der Waals surface area (Å²) >= 11 is 0. The maximum absolute atomic E-state index is 11.7. The minimum atomic E-state index is -0.0914. The van der Waals surface area contributed by atoms with Crippen LogP contribution in [0.15, 0.2) is 18.2 Å². The Labute approximate surface area is 106 Å². The molecule has 1 aromatic heterocycles. The molecule has 1 aliphatic rings. The van der Waals surface area contributed by atoms with Gasteiger partial charge in [-0.1, -0.05) is 13.0 Å². The number of carbonyl (C=O) groups is 1. The number of pyridine rings is 1. The summed E-state index contributed by atoms with van der Waals surface area (Å²) in [6, 6.07) is 7.34. The van der Waals surface area contributed by atoms with Crippen molar-refractivity contribution < 1.29 is 4.79 Å². The van der Waals surface area contributed by atoms with Crippen LogP contribution in [-0.2, 0) is 11.3 Å². The van der Waals surface area contributed by atoms with E-state index in [0.29, 0.717) is 18.8 Å². The first-order valence-electron chi connectivity index (χ1n) is 6.12. The molecule has 5 nitrogen and oxygen atoms in total. The SMILES string of the molecule is CCC1C(=O)NCCN1Cc1cccc(C#N)n1. The van der Waals surface area contributed by atoms with E-state index >= 15 is 0 Å². The van der Waals surface area contributed by atoms with Crippen molar-refractivity contribution in [3.8, 4) is 6.07 Å². The molecule has 1 amide bonds. The van der Waals surface area contributed by atoms with E-state index in [1.54, 1.807) is 6.07 Å². The molecule has 1 N–H and O–H groups in total. The number of carbonyl (C=O) groups excluding carboxylic acids is 1. The third kappa shape index (κ3) is 2.66. The molecule has 18 heavy (non-hydrogen) atoms. The molecule has 1 atom stereocenters. The number of hydrogen-bond acceptors (Lipinski definition) is 4. The number of nitrogens with zero attached hydrogens (tertiary/aromatic N) is 3. The fourth-order valence-electron chi connectivity index (χ4n) is 2.23. The first-order valence-corrected chi connectivity index (χ1v) is 6.12. The van der Waals surface area contributed by atoms with Gasteiger partial charge in [0, 0.05) is 19.6 Å². The lowest BCUT2D eigenvalue weighted by atomic mass is 10.1. The average Bonchev–Trinajstić information content (AvgIpc) is 2.39. The van der Waals surface area contributed by atoms with Gasteiger partial charge in [0.1, 0.15) is 11.8 Å². The number of nitriles is 1. The predicted molar refractivity (Wildman–Crippen MR) is 66.5 cm³/mol. The Morgan fingerprint density at radius 1 is 1.61 bits per heavy atom. The van der Waals surface area contributed by atoms with Crippen molar-refractivity contribution in [2.45, 2.75) is 25.9 Å². The first-order chi connectivity index (χ1) is 8.74. The minimum absolute atomic E-state index is 0.0835. The highest BCUT2D eigenvalue weighted by Gasteiger charge is 2.27. The summed E-state index contributed by atoms with van der Waals surface area (Å²) in [6.45, 7) is 4.11. The number of hydrogen-bond donors (Lipinski definition) is 1. The van der Waals surface area contributed by atoms with Crippen LogP contribution in [0, 0.1) is 11.3 Å². The molecule has 0 aromatic carbocycles. The molecule has 0 saturated carbocycles. The molecule has 1 unspecified atom stereocenters. The largest absolute Gasteiger partial charge is 0.353 e. The summed E-state index contributed by atoms with van der Waals surface area (Å²) in [4.78, 5) is 18.1. The lowest BCUT2D eigenvalue weighted by molar-refractivity contribution is -0.129. The van der Waals surface area contributed by atoms with Gasteiger partial charge in [-0.3, -0.25) is 9.69 Å². The zero-order valence-electron chi connectivity index (χ0n) is 10.4. The Kier molecular flexibility index (Phi) is 3.90. The van der Waals surface area contributed by atoms with Crippen LogP contribution < -0.4 is 5.32 Å². The smallest absolute Gasteiger partial charge is 0.237 e. The standard InChI is InChI=1S/C13H16N4O/c1-2-12-13(18)15-6-7-17(12)9-11-5-3-4-10(8-14)16-11/h3-5,12H,2,6-7,9H2,1H3,(H,15,18). The van der Waals surface area contributed by atoms with E-state index < -0.39 is 0 Å². The molecule has 0 bridgehead atoms. The maximum Gasteiger partial charge on any atom is 0.237 e. The van der Waals surface area contributed by atoms with Gasteiger partial charge < -0.3 is 5.32 Å². The van der Waals surface area contributed by atoms with Gasteiger partial charge in [-0.05, 0) is 18.6 Å². The molecular weight excluding hydrogens is 228 g/mol. The van der Waals surface area contributed by atoms with Gasteiger partial charge >= 0.3 is 0 Å². The molecule has 0 radical (unpaired) electrons. The van der Waals surface area contributed by atoms with Gasteiger partial charge in [0.15, 0.2) is 0 Å². The minimum Gasteiger partial charge on any atom is -0.353 e. The van der Waals surface area contributed by atoms with E-state index in [4.69, 9.17) is 5.26 Å². The van der Waals surface area contributed by atoms with Crippen LogP contribution >= 0.6 is 0 Å². The van der Waals surface area contributed by atoms with Gasteiger partial charge in [0.05, 0.1) is 11.7 Å². The Hall–Kier alpha value is -1.93. The second-order valence-electron chi connectivity index (χ2n) is 4.31. The number of rotatable bonds is 3. The van der Waals surface area contributed by atoms with Crippen LogP contribution in [0.5, 0.6) is 0 Å². The number of aromatic nitrogens is 1. The first kappa shape index (κ1) is 12.5. The summed E-state index contributed by atoms with van der Waals surface area (Å²) in [5.74, 6) is 0.0835. The second kappa shape index (κ2) is 5.61. The Morgan fingerprint density at radius 2 is 2.44 bits per heavy atom. The molecule has 0 spiro atoms. The van der Waals surface area contributed by atoms with Gasteiger partial charge in [0.25, 0.3) is 0 Å². The molecule has 2 heterocycles. The summed E-state index contributed by atoms with van der Waals surface area (Å²) in [6.07, 6.45) is 0.782. The van der Waals surface area contributed by atoms with Gasteiger partial charge in [0.2, 0.25) is 5.91 Å². The van der Waals surface area contributed by atoms with Crippen LogP contribution in [0.1, 0.15) is 24.7 Å². The number of nitrogens with one attached hydrogen (secondary N) is 1. The number of amides is 1. The van der Waals surface area contributed by atoms with E-state index in [9.17, 15) is 4.79 Å². The third-order valence-corrected chi connectivity index (χ3v) is 3.11. The van der Waals surface area contributed by atoms with Crippen LogP contribution in [0.4, 0.5) is 0 Å². The van der Waals surface area contributed by atoms with Gasteiger partial charge in [-0.2, -0.15) is 5.26 Å². The van der Waals surface area contributed by atoms with Crippen LogP contribution in [0.3, 0.4) is 0 Å². The Morgan fingerprint density at radius 3 is 3.17 bits per heavy atom. The summed E-state index contributed by atoms with van der Waals surface area (Å²) in [5.41, 5.74) is 1.25. The molecule has 5 heteroatoms. The monoisotopic (exact) mass is 244 g/mol. The van der Waals surface area contributed by atoms with Crippen molar-refractivity contribution in [1.82, 2.24) is 15.2 Å². The molecular formula is C13H16N4O. The van der Waals surface area contributed by atoms with Crippen molar-refractivity contribution in [3.63, 3.8) is 0 Å². The average molecular weight is 244 g/mol. The molecule has 1 saturated heterocycles. The number of piperazine rings is 1. The van der Waals surface area contributed by atoms with E-state index in [0.717, 1.165) is 18.7 Å². The molecule has 2 rings (SSSR count). The highest BCUT2D eigenvalue weighted by molar-refractivity contribution is 5.82. The zero-order chi connectivity index (χ0) is 13.0.